The lowest BCUT2D eigenvalue weighted by Gasteiger charge is -2.32. The molecule has 0 radical (unpaired) electrons. The summed E-state index contributed by atoms with van der Waals surface area (Å²) in [7, 11) is 0. The highest BCUT2D eigenvalue weighted by molar-refractivity contribution is 5.78. The molecule has 0 bridgehead atoms. The van der Waals surface area contributed by atoms with E-state index in [1.807, 2.05) is 49.4 Å². The van der Waals surface area contributed by atoms with Crippen molar-refractivity contribution in [3.8, 4) is 17.2 Å². The standard InChI is InChI=1S/C43H57N3O5/c1-29(2)46(30(3)4)20-18-39(35-14-7-6-8-15-35)40-23-32(16-17-41(40)49)13-10-19-44-43(51)24-34-12-9-11-33(22-34)21-31(5)45-28-42(50)36-25-37(47)27-38(48)26-36/h6-9,11-12,14-17,22-23,25-27,29-31,39,42,45,47-50H,10,13,18-21,24,28H2,1-5H3,(H,44,51)/t31-,39-,42+/m1/s1. The van der Waals surface area contributed by atoms with Gasteiger partial charge in [0.1, 0.15) is 17.2 Å². The summed E-state index contributed by atoms with van der Waals surface area (Å²) >= 11 is 0. The van der Waals surface area contributed by atoms with Gasteiger partial charge in [0.05, 0.1) is 12.5 Å². The molecule has 0 heterocycles. The molecule has 8 heteroatoms. The van der Waals surface area contributed by atoms with Gasteiger partial charge in [0.2, 0.25) is 5.91 Å². The molecule has 0 aliphatic heterocycles. The number of hydrogen-bond acceptors (Lipinski definition) is 7. The number of phenolic OH excluding ortho intramolecular Hbond substituents is 3. The van der Waals surface area contributed by atoms with Gasteiger partial charge >= 0.3 is 0 Å². The van der Waals surface area contributed by atoms with Gasteiger partial charge in [-0.15, -0.1) is 0 Å². The molecule has 0 spiro atoms. The third kappa shape index (κ3) is 12.4. The third-order valence-corrected chi connectivity index (χ3v) is 9.50. The first kappa shape index (κ1) is 39.4. The average molecular weight is 696 g/mol. The Hall–Kier alpha value is -4.37. The number of aliphatic hydroxyl groups excluding tert-OH is 1. The number of phenols is 3. The van der Waals surface area contributed by atoms with Crippen molar-refractivity contribution in [2.24, 2.45) is 0 Å². The van der Waals surface area contributed by atoms with Crippen molar-refractivity contribution in [3.05, 3.63) is 124 Å². The first-order valence-electron chi connectivity index (χ1n) is 18.3. The van der Waals surface area contributed by atoms with Crippen LogP contribution in [-0.2, 0) is 24.1 Å². The van der Waals surface area contributed by atoms with E-state index in [9.17, 15) is 25.2 Å². The second-order valence-corrected chi connectivity index (χ2v) is 14.3. The van der Waals surface area contributed by atoms with E-state index in [0.29, 0.717) is 42.8 Å². The number of aromatic hydroxyl groups is 3. The number of benzene rings is 4. The lowest BCUT2D eigenvalue weighted by Crippen LogP contribution is -2.38. The fourth-order valence-corrected chi connectivity index (χ4v) is 6.92. The van der Waals surface area contributed by atoms with Crippen LogP contribution in [0.1, 0.15) is 92.9 Å². The molecule has 4 aromatic rings. The number of carbonyl (C=O) groups excluding carboxylic acids is 1. The topological polar surface area (TPSA) is 125 Å². The molecule has 0 aliphatic rings. The van der Waals surface area contributed by atoms with Crippen LogP contribution in [-0.4, -0.2) is 69.0 Å². The minimum atomic E-state index is -0.876. The monoisotopic (exact) mass is 695 g/mol. The van der Waals surface area contributed by atoms with E-state index in [0.717, 1.165) is 48.1 Å². The summed E-state index contributed by atoms with van der Waals surface area (Å²) in [5.41, 5.74) is 5.76. The zero-order valence-corrected chi connectivity index (χ0v) is 30.8. The Labute approximate surface area is 304 Å². The van der Waals surface area contributed by atoms with Crippen LogP contribution in [0.3, 0.4) is 0 Å². The van der Waals surface area contributed by atoms with Crippen molar-refractivity contribution >= 4 is 5.91 Å². The van der Waals surface area contributed by atoms with Crippen molar-refractivity contribution in [2.45, 2.75) is 96.9 Å². The maximum absolute atomic E-state index is 12.9. The van der Waals surface area contributed by atoms with Crippen LogP contribution in [0.2, 0.25) is 0 Å². The molecule has 51 heavy (non-hydrogen) atoms. The molecule has 8 nitrogen and oxygen atoms in total. The van der Waals surface area contributed by atoms with Gasteiger partial charge in [-0.1, -0.05) is 66.7 Å². The first-order valence-corrected chi connectivity index (χ1v) is 18.3. The van der Waals surface area contributed by atoms with Crippen LogP contribution in [0.15, 0.2) is 91.0 Å². The van der Waals surface area contributed by atoms with Crippen LogP contribution >= 0.6 is 0 Å². The Morgan fingerprint density at radius 3 is 2.12 bits per heavy atom. The van der Waals surface area contributed by atoms with E-state index in [1.165, 1.54) is 23.8 Å². The van der Waals surface area contributed by atoms with Gasteiger partial charge in [0.15, 0.2) is 0 Å². The van der Waals surface area contributed by atoms with Gasteiger partial charge in [-0.2, -0.15) is 0 Å². The molecule has 0 aromatic heterocycles. The summed E-state index contributed by atoms with van der Waals surface area (Å²) in [5.74, 6) is 0.185. The van der Waals surface area contributed by atoms with E-state index >= 15 is 0 Å². The Balaban J connectivity index is 1.27. The van der Waals surface area contributed by atoms with Gasteiger partial charge in [0.25, 0.3) is 0 Å². The molecule has 0 saturated heterocycles. The minimum Gasteiger partial charge on any atom is -0.508 e. The minimum absolute atomic E-state index is 0.0220. The van der Waals surface area contributed by atoms with Crippen molar-refractivity contribution in [3.63, 3.8) is 0 Å². The van der Waals surface area contributed by atoms with Crippen LogP contribution < -0.4 is 10.6 Å². The van der Waals surface area contributed by atoms with E-state index in [-0.39, 0.29) is 35.9 Å². The maximum Gasteiger partial charge on any atom is 0.224 e. The van der Waals surface area contributed by atoms with E-state index < -0.39 is 6.10 Å². The molecule has 0 aliphatic carbocycles. The fraction of sp³-hybridized carbons (Fsp3) is 0.419. The van der Waals surface area contributed by atoms with Crippen LogP contribution in [0.25, 0.3) is 0 Å². The summed E-state index contributed by atoms with van der Waals surface area (Å²) in [4.78, 5) is 15.4. The number of rotatable bonds is 19. The molecule has 6 N–H and O–H groups in total. The van der Waals surface area contributed by atoms with Gasteiger partial charge in [-0.25, -0.2) is 0 Å². The molecule has 1 amide bonds. The number of nitrogens with zero attached hydrogens (tertiary/aromatic N) is 1. The molecule has 0 saturated carbocycles. The molecular formula is C43H57N3O5. The van der Waals surface area contributed by atoms with E-state index in [4.69, 9.17) is 0 Å². The van der Waals surface area contributed by atoms with Gasteiger partial charge in [0, 0.05) is 48.8 Å². The normalized spacial score (nSPS) is 13.4. The van der Waals surface area contributed by atoms with Crippen LogP contribution in [0.4, 0.5) is 0 Å². The summed E-state index contributed by atoms with van der Waals surface area (Å²) in [6, 6.07) is 29.4. The van der Waals surface area contributed by atoms with Crippen molar-refractivity contribution in [1.29, 1.82) is 0 Å². The molecule has 0 unspecified atom stereocenters. The fourth-order valence-electron chi connectivity index (χ4n) is 6.92. The first-order chi connectivity index (χ1) is 24.4. The quantitative estimate of drug-likeness (QED) is 0.0585. The SMILES string of the molecule is CC(C)N(CC[C@H](c1ccccc1)c1cc(CCCNC(=O)Cc2cccc(C[C@@H](C)NC[C@H](O)c3cc(O)cc(O)c3)c2)ccc1O)C(C)C. The number of amides is 1. The molecule has 4 aromatic carbocycles. The highest BCUT2D eigenvalue weighted by Gasteiger charge is 2.22. The number of nitrogens with one attached hydrogen (secondary N) is 2. The Morgan fingerprint density at radius 1 is 0.745 bits per heavy atom. The molecule has 4 rings (SSSR count). The van der Waals surface area contributed by atoms with E-state index in [2.05, 4.69) is 73.6 Å². The lowest BCUT2D eigenvalue weighted by atomic mass is 9.86. The van der Waals surface area contributed by atoms with Crippen molar-refractivity contribution in [2.75, 3.05) is 19.6 Å². The summed E-state index contributed by atoms with van der Waals surface area (Å²) in [5, 5.41) is 47.3. The van der Waals surface area contributed by atoms with Crippen LogP contribution in [0.5, 0.6) is 17.2 Å². The van der Waals surface area contributed by atoms with E-state index in [1.54, 1.807) is 0 Å². The molecule has 274 valence electrons. The highest BCUT2D eigenvalue weighted by atomic mass is 16.3. The van der Waals surface area contributed by atoms with Gasteiger partial charge < -0.3 is 31.1 Å². The largest absolute Gasteiger partial charge is 0.508 e. The van der Waals surface area contributed by atoms with Crippen molar-refractivity contribution in [1.82, 2.24) is 15.5 Å². The van der Waals surface area contributed by atoms with Gasteiger partial charge in [-0.3, -0.25) is 9.69 Å². The van der Waals surface area contributed by atoms with Crippen molar-refractivity contribution < 1.29 is 25.2 Å². The Bertz CT molecular complexity index is 1650. The number of aryl methyl sites for hydroxylation is 1. The zero-order chi connectivity index (χ0) is 36.9. The van der Waals surface area contributed by atoms with Crippen LogP contribution in [0, 0.1) is 0 Å². The average Bonchev–Trinajstić information content (AvgIpc) is 3.08. The van der Waals surface area contributed by atoms with Gasteiger partial charge in [-0.05, 0) is 113 Å². The third-order valence-electron chi connectivity index (χ3n) is 9.50. The second kappa shape index (κ2) is 19.3. The smallest absolute Gasteiger partial charge is 0.224 e. The molecular weight excluding hydrogens is 638 g/mol. The highest BCUT2D eigenvalue weighted by Crippen LogP contribution is 2.35. The second-order valence-electron chi connectivity index (χ2n) is 14.3. The number of carbonyl (C=O) groups is 1. The summed E-state index contributed by atoms with van der Waals surface area (Å²) in [6.45, 7) is 12.7. The Kier molecular flexibility index (Phi) is 14.9. The summed E-state index contributed by atoms with van der Waals surface area (Å²) < 4.78 is 0. The predicted molar refractivity (Wildman–Crippen MR) is 205 cm³/mol. The predicted octanol–water partition coefficient (Wildman–Crippen LogP) is 6.99. The number of hydrogen-bond donors (Lipinski definition) is 6. The lowest BCUT2D eigenvalue weighted by molar-refractivity contribution is -0.120. The molecule has 3 atom stereocenters. The molecule has 0 fully saturated rings. The Morgan fingerprint density at radius 2 is 1.43 bits per heavy atom. The maximum atomic E-state index is 12.9. The summed E-state index contributed by atoms with van der Waals surface area (Å²) in [6.07, 6.45) is 2.61. The number of aliphatic hydroxyl groups is 1. The zero-order valence-electron chi connectivity index (χ0n) is 30.8.